The lowest BCUT2D eigenvalue weighted by Crippen LogP contribution is -2.38. The number of carbonyl (C=O) groups is 1. The lowest BCUT2D eigenvalue weighted by atomic mass is 10.1. The minimum absolute atomic E-state index is 0.00926. The summed E-state index contributed by atoms with van der Waals surface area (Å²) in [5, 5.41) is 5.23. The van der Waals surface area contributed by atoms with Crippen LogP contribution in [0.15, 0.2) is 29.1 Å². The Morgan fingerprint density at radius 2 is 2.08 bits per heavy atom. The third-order valence-electron chi connectivity index (χ3n) is 4.51. The van der Waals surface area contributed by atoms with Crippen molar-refractivity contribution in [2.75, 3.05) is 13.2 Å². The lowest BCUT2D eigenvalue weighted by Gasteiger charge is -2.25. The van der Waals surface area contributed by atoms with E-state index in [1.54, 1.807) is 24.0 Å². The van der Waals surface area contributed by atoms with Gasteiger partial charge in [0.2, 0.25) is 5.91 Å². The van der Waals surface area contributed by atoms with Crippen molar-refractivity contribution in [3.8, 4) is 0 Å². The van der Waals surface area contributed by atoms with E-state index in [4.69, 9.17) is 4.74 Å². The molecule has 1 aromatic carbocycles. The van der Waals surface area contributed by atoms with Crippen LogP contribution >= 0.6 is 0 Å². The van der Waals surface area contributed by atoms with Crippen molar-refractivity contribution in [3.63, 3.8) is 0 Å². The molecule has 7 heteroatoms. The number of hydrogen-bond acceptors (Lipinski definition) is 3. The van der Waals surface area contributed by atoms with Gasteiger partial charge in [-0.15, -0.1) is 0 Å². The first-order valence-corrected chi connectivity index (χ1v) is 8.43. The Bertz CT molecular complexity index is 776. The Balaban J connectivity index is 1.75. The highest BCUT2D eigenvalue weighted by molar-refractivity contribution is 5.79. The van der Waals surface area contributed by atoms with Crippen LogP contribution in [0.5, 0.6) is 0 Å². The second-order valence-electron chi connectivity index (χ2n) is 6.40. The van der Waals surface area contributed by atoms with Crippen LogP contribution in [0, 0.1) is 12.7 Å². The van der Waals surface area contributed by atoms with Crippen LogP contribution in [0.4, 0.5) is 4.39 Å². The first-order valence-electron chi connectivity index (χ1n) is 8.43. The smallest absolute Gasteiger partial charge is 0.267 e. The molecule has 1 atom stereocenters. The van der Waals surface area contributed by atoms with Gasteiger partial charge < -0.3 is 14.7 Å². The molecule has 0 unspecified atom stereocenters. The molecule has 1 saturated heterocycles. The van der Waals surface area contributed by atoms with E-state index in [0.29, 0.717) is 31.0 Å². The number of aromatic amines is 2. The molecule has 2 aromatic rings. The molecule has 0 radical (unpaired) electrons. The molecule has 1 aliphatic heterocycles. The number of amides is 1. The highest BCUT2D eigenvalue weighted by atomic mass is 19.1. The molecule has 1 aliphatic rings. The third kappa shape index (κ3) is 4.36. The molecule has 25 heavy (non-hydrogen) atoms. The largest absolute Gasteiger partial charge is 0.376 e. The Morgan fingerprint density at radius 1 is 1.32 bits per heavy atom. The van der Waals surface area contributed by atoms with E-state index in [9.17, 15) is 14.0 Å². The molecule has 0 saturated carbocycles. The van der Waals surface area contributed by atoms with E-state index < -0.39 is 0 Å². The molecule has 0 aliphatic carbocycles. The molecule has 2 N–H and O–H groups in total. The first-order chi connectivity index (χ1) is 12.0. The number of nitrogens with zero attached hydrogens (tertiary/aromatic N) is 1. The zero-order valence-electron chi connectivity index (χ0n) is 14.2. The summed E-state index contributed by atoms with van der Waals surface area (Å²) >= 11 is 0. The summed E-state index contributed by atoms with van der Waals surface area (Å²) in [6.45, 7) is 3.29. The number of ether oxygens (including phenoxy) is 1. The van der Waals surface area contributed by atoms with Crippen LogP contribution in [0.2, 0.25) is 0 Å². The first kappa shape index (κ1) is 17.4. The standard InChI is InChI=1S/C18H22FN3O3/c1-12-16(18(24)21-20-12)9-17(23)22(11-15-3-2-8-25-15)10-13-4-6-14(19)7-5-13/h4-7,15H,2-3,8-11H2,1H3,(H2,20,21,24)/t15-/m1/s1. The van der Waals surface area contributed by atoms with Crippen molar-refractivity contribution in [2.45, 2.75) is 38.8 Å². The Labute approximate surface area is 145 Å². The van der Waals surface area contributed by atoms with Crippen molar-refractivity contribution in [3.05, 3.63) is 57.3 Å². The summed E-state index contributed by atoms with van der Waals surface area (Å²) < 4.78 is 18.8. The number of halogens is 1. The number of H-pyrrole nitrogens is 2. The van der Waals surface area contributed by atoms with E-state index in [0.717, 1.165) is 18.4 Å². The van der Waals surface area contributed by atoms with E-state index in [-0.39, 0.29) is 29.8 Å². The van der Waals surface area contributed by atoms with Gasteiger partial charge in [0.1, 0.15) is 5.82 Å². The molecule has 0 bridgehead atoms. The third-order valence-corrected chi connectivity index (χ3v) is 4.51. The van der Waals surface area contributed by atoms with Crippen molar-refractivity contribution >= 4 is 5.91 Å². The van der Waals surface area contributed by atoms with E-state index >= 15 is 0 Å². The van der Waals surface area contributed by atoms with Crippen LogP contribution in [0.1, 0.15) is 29.7 Å². The Kier molecular flexibility index (Phi) is 5.33. The second-order valence-corrected chi connectivity index (χ2v) is 6.40. The number of carbonyl (C=O) groups excluding carboxylic acids is 1. The van der Waals surface area contributed by atoms with Gasteiger partial charge in [-0.2, -0.15) is 0 Å². The summed E-state index contributed by atoms with van der Waals surface area (Å²) in [6.07, 6.45) is 1.94. The number of benzene rings is 1. The number of rotatable bonds is 6. The SMILES string of the molecule is Cc1[nH][nH]c(=O)c1CC(=O)N(Cc1ccc(F)cc1)C[C@H]1CCCO1. The van der Waals surface area contributed by atoms with Gasteiger partial charge in [0.15, 0.2) is 0 Å². The van der Waals surface area contributed by atoms with E-state index in [1.807, 2.05) is 0 Å². The summed E-state index contributed by atoms with van der Waals surface area (Å²) in [5.41, 5.74) is 1.68. The van der Waals surface area contributed by atoms with Gasteiger partial charge in [-0.25, -0.2) is 4.39 Å². The molecule has 6 nitrogen and oxygen atoms in total. The molecular weight excluding hydrogens is 325 g/mol. The quantitative estimate of drug-likeness (QED) is 0.838. The number of aromatic nitrogens is 2. The maximum Gasteiger partial charge on any atom is 0.267 e. The predicted octanol–water partition coefficient (Wildman–Crippen LogP) is 1.90. The Hall–Kier alpha value is -2.41. The second kappa shape index (κ2) is 7.65. The van der Waals surface area contributed by atoms with Crippen molar-refractivity contribution in [2.24, 2.45) is 0 Å². The van der Waals surface area contributed by atoms with Crippen LogP contribution in [0.3, 0.4) is 0 Å². The molecule has 1 fully saturated rings. The summed E-state index contributed by atoms with van der Waals surface area (Å²) in [5.74, 6) is -0.455. The average molecular weight is 347 g/mol. The minimum atomic E-state index is -0.310. The molecule has 1 aromatic heterocycles. The zero-order valence-corrected chi connectivity index (χ0v) is 14.2. The van der Waals surface area contributed by atoms with Crippen LogP contribution in [-0.4, -0.2) is 40.3 Å². The maximum absolute atomic E-state index is 13.1. The highest BCUT2D eigenvalue weighted by Gasteiger charge is 2.24. The fourth-order valence-electron chi connectivity index (χ4n) is 3.05. The number of aryl methyl sites for hydroxylation is 1. The molecule has 2 heterocycles. The molecule has 3 rings (SSSR count). The van der Waals surface area contributed by atoms with Crippen LogP contribution in [0.25, 0.3) is 0 Å². The summed E-state index contributed by atoms with van der Waals surface area (Å²) in [7, 11) is 0. The molecule has 1 amide bonds. The zero-order chi connectivity index (χ0) is 17.8. The van der Waals surface area contributed by atoms with Crippen molar-refractivity contribution in [1.82, 2.24) is 15.1 Å². The van der Waals surface area contributed by atoms with Crippen LogP contribution in [-0.2, 0) is 22.5 Å². The summed E-state index contributed by atoms with van der Waals surface area (Å²) in [6, 6.07) is 6.09. The monoisotopic (exact) mass is 347 g/mol. The lowest BCUT2D eigenvalue weighted by molar-refractivity contribution is -0.132. The van der Waals surface area contributed by atoms with Gasteiger partial charge >= 0.3 is 0 Å². The van der Waals surface area contributed by atoms with Crippen molar-refractivity contribution in [1.29, 1.82) is 0 Å². The fourth-order valence-corrected chi connectivity index (χ4v) is 3.05. The van der Waals surface area contributed by atoms with Gasteiger partial charge in [-0.3, -0.25) is 14.7 Å². The summed E-state index contributed by atoms with van der Waals surface area (Å²) in [4.78, 5) is 26.3. The maximum atomic E-state index is 13.1. The minimum Gasteiger partial charge on any atom is -0.376 e. The molecule has 134 valence electrons. The fraction of sp³-hybridized carbons (Fsp3) is 0.444. The molecule has 0 spiro atoms. The van der Waals surface area contributed by atoms with Gasteiger partial charge in [0, 0.05) is 31.0 Å². The normalized spacial score (nSPS) is 17.0. The van der Waals surface area contributed by atoms with E-state index in [1.165, 1.54) is 12.1 Å². The topological polar surface area (TPSA) is 78.2 Å². The Morgan fingerprint density at radius 3 is 2.68 bits per heavy atom. The van der Waals surface area contributed by atoms with Gasteiger partial charge in [-0.1, -0.05) is 12.1 Å². The number of nitrogens with one attached hydrogen (secondary N) is 2. The predicted molar refractivity (Wildman–Crippen MR) is 90.6 cm³/mol. The highest BCUT2D eigenvalue weighted by Crippen LogP contribution is 2.16. The molecular formula is C18H22FN3O3. The van der Waals surface area contributed by atoms with Crippen LogP contribution < -0.4 is 5.56 Å². The average Bonchev–Trinajstić information content (AvgIpc) is 3.21. The number of hydrogen-bond donors (Lipinski definition) is 2. The van der Waals surface area contributed by atoms with Gasteiger partial charge in [0.25, 0.3) is 5.56 Å². The van der Waals surface area contributed by atoms with Crippen molar-refractivity contribution < 1.29 is 13.9 Å². The van der Waals surface area contributed by atoms with Gasteiger partial charge in [-0.05, 0) is 37.5 Å². The van der Waals surface area contributed by atoms with E-state index in [2.05, 4.69) is 10.2 Å². The van der Waals surface area contributed by atoms with Gasteiger partial charge in [0.05, 0.1) is 12.5 Å².